The Morgan fingerprint density at radius 1 is 1.02 bits per heavy atom. The molecule has 43 heavy (non-hydrogen) atoms. The second kappa shape index (κ2) is 12.3. The van der Waals surface area contributed by atoms with Gasteiger partial charge >= 0.3 is 12.1 Å². The molecule has 1 saturated carbocycles. The molecule has 2 saturated heterocycles. The van der Waals surface area contributed by atoms with Gasteiger partial charge in [0.15, 0.2) is 0 Å². The van der Waals surface area contributed by atoms with Gasteiger partial charge in [0.05, 0.1) is 18.6 Å². The smallest absolute Gasteiger partial charge is 0.410 e. The van der Waals surface area contributed by atoms with E-state index >= 15 is 0 Å². The van der Waals surface area contributed by atoms with Crippen molar-refractivity contribution in [3.05, 3.63) is 0 Å². The highest BCUT2D eigenvalue weighted by Gasteiger charge is 2.70. The molecule has 0 spiro atoms. The minimum atomic E-state index is -1.12. The third-order valence-corrected chi connectivity index (χ3v) is 9.20. The lowest BCUT2D eigenvalue weighted by Gasteiger charge is -2.39. The number of carbonyl (C=O) groups excluding carboxylic acids is 6. The summed E-state index contributed by atoms with van der Waals surface area (Å²) in [5.41, 5.74) is 3.90. The van der Waals surface area contributed by atoms with Crippen molar-refractivity contribution in [1.29, 1.82) is 0 Å². The number of ketones is 1. The maximum atomic E-state index is 14.2. The number of primary amides is 1. The highest BCUT2D eigenvalue weighted by atomic mass is 16.6. The first-order chi connectivity index (χ1) is 19.7. The highest BCUT2D eigenvalue weighted by Crippen LogP contribution is 2.65. The molecule has 0 radical (unpaired) electrons. The van der Waals surface area contributed by atoms with Crippen LogP contribution in [0.4, 0.5) is 9.59 Å². The lowest BCUT2D eigenvalue weighted by molar-refractivity contribution is -0.145. The van der Waals surface area contributed by atoms with E-state index in [1.54, 1.807) is 4.90 Å². The van der Waals surface area contributed by atoms with E-state index in [9.17, 15) is 28.8 Å². The second-order valence-electron chi connectivity index (χ2n) is 14.9. The van der Waals surface area contributed by atoms with Crippen LogP contribution in [-0.2, 0) is 23.9 Å². The molecule has 6 amide bonds. The monoisotopic (exact) mass is 606 g/mol. The molecular weight excluding hydrogens is 556 g/mol. The number of cyclic esters (lactones) is 1. The van der Waals surface area contributed by atoms with E-state index in [0.29, 0.717) is 26.1 Å². The second-order valence-corrected chi connectivity index (χ2v) is 14.9. The van der Waals surface area contributed by atoms with Crippen molar-refractivity contribution in [2.45, 2.75) is 99.3 Å². The SMILES string of the molecule is CCCC(NC(=O)[C@@H]1[C@@H]2[C@H](CN1C(=O)[C@@H](NC(=O)N[C@H](CN1CCOC1=O)C(C)(C)C)C(C)(C)C)C2(C)C)C(=O)C(N)=O. The van der Waals surface area contributed by atoms with E-state index in [2.05, 4.69) is 16.0 Å². The lowest BCUT2D eigenvalue weighted by Crippen LogP contribution is -2.62. The highest BCUT2D eigenvalue weighted by molar-refractivity contribution is 6.37. The van der Waals surface area contributed by atoms with E-state index in [1.165, 1.54) is 4.90 Å². The predicted molar refractivity (Wildman–Crippen MR) is 158 cm³/mol. The molecule has 5 N–H and O–H groups in total. The van der Waals surface area contributed by atoms with Gasteiger partial charge in [0.2, 0.25) is 17.6 Å². The summed E-state index contributed by atoms with van der Waals surface area (Å²) >= 11 is 0. The molecule has 1 unspecified atom stereocenters. The van der Waals surface area contributed by atoms with Crippen LogP contribution in [0, 0.1) is 28.1 Å². The summed E-state index contributed by atoms with van der Waals surface area (Å²) in [5.74, 6) is -2.98. The third-order valence-electron chi connectivity index (χ3n) is 9.20. The Bertz CT molecular complexity index is 1140. The number of amides is 6. The van der Waals surface area contributed by atoms with Gasteiger partial charge in [-0.1, -0.05) is 68.7 Å². The summed E-state index contributed by atoms with van der Waals surface area (Å²) < 4.78 is 5.03. The Morgan fingerprint density at radius 2 is 1.65 bits per heavy atom. The summed E-state index contributed by atoms with van der Waals surface area (Å²) in [4.78, 5) is 80.4. The number of piperidine rings is 1. The summed E-state index contributed by atoms with van der Waals surface area (Å²) in [7, 11) is 0. The maximum absolute atomic E-state index is 14.2. The topological polar surface area (TPSA) is 180 Å². The van der Waals surface area contributed by atoms with Crippen LogP contribution in [0.15, 0.2) is 0 Å². The zero-order valence-corrected chi connectivity index (χ0v) is 27.0. The first-order valence-corrected chi connectivity index (χ1v) is 15.1. The average molecular weight is 607 g/mol. The number of rotatable bonds is 11. The number of hydrogen-bond acceptors (Lipinski definition) is 7. The Labute approximate surface area is 254 Å². The Balaban J connectivity index is 1.81. The van der Waals surface area contributed by atoms with Gasteiger partial charge in [0.1, 0.15) is 18.7 Å². The predicted octanol–water partition coefficient (Wildman–Crippen LogP) is 1.39. The molecule has 2 heterocycles. The van der Waals surface area contributed by atoms with Crippen LogP contribution in [0.25, 0.3) is 0 Å². The summed E-state index contributed by atoms with van der Waals surface area (Å²) in [6.07, 6.45) is 0.342. The molecule has 0 bridgehead atoms. The quantitative estimate of drug-likeness (QED) is 0.257. The fourth-order valence-corrected chi connectivity index (χ4v) is 6.29. The van der Waals surface area contributed by atoms with Crippen molar-refractivity contribution < 1.29 is 33.5 Å². The molecule has 0 aromatic heterocycles. The van der Waals surface area contributed by atoms with Crippen molar-refractivity contribution >= 4 is 35.6 Å². The number of nitrogens with two attached hydrogens (primary N) is 1. The van der Waals surface area contributed by atoms with E-state index in [0.717, 1.165) is 0 Å². The first kappa shape index (κ1) is 34.1. The lowest BCUT2D eigenvalue weighted by atomic mass is 9.85. The molecule has 3 rings (SSSR count). The van der Waals surface area contributed by atoms with Gasteiger partial charge in [-0.25, -0.2) is 9.59 Å². The summed E-state index contributed by atoms with van der Waals surface area (Å²) in [6.45, 7) is 18.5. The molecule has 13 nitrogen and oxygen atoms in total. The number of Topliss-reactive ketones (excluding diaryl/α,β-unsaturated/α-hetero) is 1. The van der Waals surface area contributed by atoms with Gasteiger partial charge in [-0.2, -0.15) is 0 Å². The zero-order valence-electron chi connectivity index (χ0n) is 27.0. The van der Waals surface area contributed by atoms with E-state index in [-0.39, 0.29) is 30.2 Å². The number of urea groups is 1. The molecule has 3 aliphatic rings. The standard InChI is InChI=1S/C30H50N6O7/c1-10-11-17(21(37)23(31)38)32-24(39)20-19-16(30(19,8)9)14-36(20)25(40)22(29(5,6)7)34-26(41)33-18(28(2,3)4)15-35-12-13-43-27(35)42/h16-20,22H,10-15H2,1-9H3,(H2,31,38)(H,32,39)(H2,33,34,41)/t16-,17?,18+,19-,20-,22+/m0/s1. The number of likely N-dealkylation sites (tertiary alicyclic amines) is 1. The number of nitrogens with zero attached hydrogens (tertiary/aromatic N) is 2. The average Bonchev–Trinajstić information content (AvgIpc) is 3.23. The van der Waals surface area contributed by atoms with Crippen LogP contribution in [0.5, 0.6) is 0 Å². The van der Waals surface area contributed by atoms with E-state index in [4.69, 9.17) is 10.5 Å². The van der Waals surface area contributed by atoms with Crippen LogP contribution in [0.2, 0.25) is 0 Å². The maximum Gasteiger partial charge on any atom is 0.410 e. The zero-order chi connectivity index (χ0) is 32.7. The van der Waals surface area contributed by atoms with Gasteiger partial charge in [0.25, 0.3) is 5.91 Å². The van der Waals surface area contributed by atoms with Crippen LogP contribution >= 0.6 is 0 Å². The molecule has 13 heteroatoms. The largest absolute Gasteiger partial charge is 0.448 e. The summed E-state index contributed by atoms with van der Waals surface area (Å²) in [5, 5.41) is 8.50. The number of fused-ring (bicyclic) bond motifs is 1. The molecule has 0 aromatic carbocycles. The molecule has 0 aromatic rings. The van der Waals surface area contributed by atoms with Gasteiger partial charge in [0, 0.05) is 13.1 Å². The van der Waals surface area contributed by atoms with Crippen LogP contribution < -0.4 is 21.7 Å². The number of nitrogens with one attached hydrogen (secondary N) is 3. The van der Waals surface area contributed by atoms with Crippen LogP contribution in [-0.4, -0.2) is 95.8 Å². The molecule has 242 valence electrons. The summed E-state index contributed by atoms with van der Waals surface area (Å²) in [6, 6.07) is -3.94. The van der Waals surface area contributed by atoms with E-state index < -0.39 is 70.6 Å². The fraction of sp³-hybridized carbons (Fsp3) is 0.800. The minimum Gasteiger partial charge on any atom is -0.448 e. The van der Waals surface area contributed by atoms with Gasteiger partial charge in [-0.15, -0.1) is 0 Å². The van der Waals surface area contributed by atoms with Gasteiger partial charge in [-0.05, 0) is 34.5 Å². The molecule has 1 aliphatic carbocycles. The van der Waals surface area contributed by atoms with Crippen molar-refractivity contribution in [1.82, 2.24) is 25.8 Å². The number of ether oxygens (including phenoxy) is 1. The Kier molecular flexibility index (Phi) is 9.77. The van der Waals surface area contributed by atoms with Crippen LogP contribution in [0.3, 0.4) is 0 Å². The van der Waals surface area contributed by atoms with E-state index in [1.807, 2.05) is 62.3 Å². The van der Waals surface area contributed by atoms with Crippen molar-refractivity contribution in [2.75, 3.05) is 26.2 Å². The molecular formula is C30H50N6O7. The number of hydrogen-bond donors (Lipinski definition) is 4. The first-order valence-electron chi connectivity index (χ1n) is 15.1. The van der Waals surface area contributed by atoms with Gasteiger partial charge in [-0.3, -0.25) is 19.2 Å². The van der Waals surface area contributed by atoms with Crippen molar-refractivity contribution in [2.24, 2.45) is 33.8 Å². The molecule has 2 aliphatic heterocycles. The Hall–Kier alpha value is -3.38. The third kappa shape index (κ3) is 7.41. The van der Waals surface area contributed by atoms with Gasteiger partial charge < -0.3 is 36.2 Å². The van der Waals surface area contributed by atoms with Crippen molar-refractivity contribution in [3.8, 4) is 0 Å². The van der Waals surface area contributed by atoms with Crippen LogP contribution in [0.1, 0.15) is 75.2 Å². The molecule has 3 fully saturated rings. The Morgan fingerprint density at radius 3 is 2.14 bits per heavy atom. The normalized spacial score (nSPS) is 24.8. The van der Waals surface area contributed by atoms with Crippen molar-refractivity contribution in [3.63, 3.8) is 0 Å². The molecule has 6 atom stereocenters. The minimum absolute atomic E-state index is 0.0728. The number of carbonyl (C=O) groups is 6. The fourth-order valence-electron chi connectivity index (χ4n) is 6.29.